The average Bonchev–Trinajstić information content (AvgIpc) is 2.89. The number of anilines is 1. The van der Waals surface area contributed by atoms with E-state index in [-0.39, 0.29) is 5.97 Å². The Morgan fingerprint density at radius 1 is 1.60 bits per heavy atom. The summed E-state index contributed by atoms with van der Waals surface area (Å²) in [6, 6.07) is 0. The second-order valence-corrected chi connectivity index (χ2v) is 4.27. The van der Waals surface area contributed by atoms with Crippen molar-refractivity contribution in [2.45, 2.75) is 19.8 Å². The third-order valence-electron chi connectivity index (χ3n) is 2.35. The highest BCUT2D eigenvalue weighted by Gasteiger charge is 2.18. The van der Waals surface area contributed by atoms with Gasteiger partial charge in [0, 0.05) is 18.5 Å². The molecule has 0 unspecified atom stereocenters. The summed E-state index contributed by atoms with van der Waals surface area (Å²) in [5.74, 6) is -0.320. The molecule has 0 radical (unpaired) electrons. The number of rotatable bonds is 3. The van der Waals surface area contributed by atoms with Gasteiger partial charge in [0.1, 0.15) is 0 Å². The minimum Gasteiger partial charge on any atom is -0.461 e. The summed E-state index contributed by atoms with van der Waals surface area (Å²) in [4.78, 5) is 17.9. The lowest BCUT2D eigenvalue weighted by Crippen LogP contribution is -2.17. The van der Waals surface area contributed by atoms with Gasteiger partial charge in [-0.25, -0.2) is 9.78 Å². The van der Waals surface area contributed by atoms with Crippen molar-refractivity contribution >= 4 is 22.4 Å². The minimum atomic E-state index is -0.320. The number of esters is 1. The van der Waals surface area contributed by atoms with Gasteiger partial charge in [-0.2, -0.15) is 0 Å². The van der Waals surface area contributed by atoms with E-state index >= 15 is 0 Å². The fraction of sp³-hybridized carbons (Fsp3) is 0.600. The summed E-state index contributed by atoms with van der Waals surface area (Å²) in [5, 5.41) is 2.71. The summed E-state index contributed by atoms with van der Waals surface area (Å²) >= 11 is 1.51. The lowest BCUT2D eigenvalue weighted by Gasteiger charge is -2.11. The van der Waals surface area contributed by atoms with E-state index in [9.17, 15) is 4.79 Å². The van der Waals surface area contributed by atoms with E-state index in [2.05, 4.69) is 9.88 Å². The molecule has 0 bridgehead atoms. The van der Waals surface area contributed by atoms with Crippen molar-refractivity contribution in [2.75, 3.05) is 24.6 Å². The van der Waals surface area contributed by atoms with Crippen LogP contribution in [-0.4, -0.2) is 30.6 Å². The molecule has 15 heavy (non-hydrogen) atoms. The molecule has 1 fully saturated rings. The molecule has 0 saturated carbocycles. The molecule has 1 aliphatic rings. The molecular weight excluding hydrogens is 212 g/mol. The molecule has 1 saturated heterocycles. The zero-order chi connectivity index (χ0) is 10.7. The summed E-state index contributed by atoms with van der Waals surface area (Å²) in [6.45, 7) is 4.30. The molecular formula is C10H14N2O2S. The van der Waals surface area contributed by atoms with Crippen molar-refractivity contribution < 1.29 is 9.53 Å². The smallest absolute Gasteiger partial charge is 0.357 e. The van der Waals surface area contributed by atoms with E-state index in [1.165, 1.54) is 24.2 Å². The van der Waals surface area contributed by atoms with Gasteiger partial charge < -0.3 is 9.64 Å². The van der Waals surface area contributed by atoms with Gasteiger partial charge >= 0.3 is 5.97 Å². The van der Waals surface area contributed by atoms with Gasteiger partial charge in [0.25, 0.3) is 0 Å². The Labute approximate surface area is 92.9 Å². The van der Waals surface area contributed by atoms with E-state index in [0.717, 1.165) is 18.2 Å². The minimum absolute atomic E-state index is 0.320. The monoisotopic (exact) mass is 226 g/mol. The molecule has 0 amide bonds. The molecule has 2 rings (SSSR count). The molecule has 1 aromatic heterocycles. The summed E-state index contributed by atoms with van der Waals surface area (Å²) in [6.07, 6.45) is 2.43. The predicted octanol–water partition coefficient (Wildman–Crippen LogP) is 1.92. The van der Waals surface area contributed by atoms with Gasteiger partial charge in [-0.05, 0) is 19.8 Å². The molecule has 1 aliphatic heterocycles. The number of aromatic nitrogens is 1. The maximum absolute atomic E-state index is 11.4. The van der Waals surface area contributed by atoms with Crippen molar-refractivity contribution in [1.82, 2.24) is 4.98 Å². The van der Waals surface area contributed by atoms with Gasteiger partial charge in [0.15, 0.2) is 10.8 Å². The Morgan fingerprint density at radius 2 is 2.33 bits per heavy atom. The first-order chi connectivity index (χ1) is 7.31. The summed E-state index contributed by atoms with van der Waals surface area (Å²) in [5.41, 5.74) is 0.434. The third-order valence-corrected chi connectivity index (χ3v) is 3.25. The maximum Gasteiger partial charge on any atom is 0.357 e. The Hall–Kier alpha value is -1.10. The van der Waals surface area contributed by atoms with Crippen molar-refractivity contribution in [1.29, 1.82) is 0 Å². The first-order valence-electron chi connectivity index (χ1n) is 5.19. The first-order valence-corrected chi connectivity index (χ1v) is 6.07. The standard InChI is InChI=1S/C10H14N2O2S/c1-2-14-9(13)8-7-15-10(11-8)12-5-3-4-6-12/h7H,2-6H2,1H3. The zero-order valence-electron chi connectivity index (χ0n) is 8.73. The van der Waals surface area contributed by atoms with Crippen LogP contribution in [0.2, 0.25) is 0 Å². The Bertz CT molecular complexity index is 345. The van der Waals surface area contributed by atoms with Crippen molar-refractivity contribution in [3.05, 3.63) is 11.1 Å². The quantitative estimate of drug-likeness (QED) is 0.738. The van der Waals surface area contributed by atoms with Crippen LogP contribution < -0.4 is 4.90 Å². The van der Waals surface area contributed by atoms with Crippen molar-refractivity contribution in [2.24, 2.45) is 0 Å². The van der Waals surface area contributed by atoms with E-state index < -0.39 is 0 Å². The van der Waals surface area contributed by atoms with Crippen LogP contribution in [0.4, 0.5) is 5.13 Å². The number of carbonyl (C=O) groups excluding carboxylic acids is 1. The molecule has 82 valence electrons. The normalized spacial score (nSPS) is 15.7. The highest BCUT2D eigenvalue weighted by molar-refractivity contribution is 7.13. The molecule has 5 heteroatoms. The average molecular weight is 226 g/mol. The molecule has 0 atom stereocenters. The van der Waals surface area contributed by atoms with E-state index in [0.29, 0.717) is 12.3 Å². The molecule has 0 aromatic carbocycles. The SMILES string of the molecule is CCOC(=O)c1csc(N2CCCC2)n1. The molecule has 1 aromatic rings. The topological polar surface area (TPSA) is 42.4 Å². The second-order valence-electron chi connectivity index (χ2n) is 3.43. The van der Waals surface area contributed by atoms with E-state index in [1.807, 2.05) is 0 Å². The third kappa shape index (κ3) is 2.28. The molecule has 0 spiro atoms. The lowest BCUT2D eigenvalue weighted by atomic mass is 10.4. The van der Waals surface area contributed by atoms with Crippen LogP contribution in [0.25, 0.3) is 0 Å². The summed E-state index contributed by atoms with van der Waals surface area (Å²) < 4.78 is 4.89. The van der Waals surface area contributed by atoms with Crippen LogP contribution in [0.3, 0.4) is 0 Å². The van der Waals surface area contributed by atoms with Crippen LogP contribution in [-0.2, 0) is 4.74 Å². The van der Waals surface area contributed by atoms with Crippen LogP contribution in [0, 0.1) is 0 Å². The van der Waals surface area contributed by atoms with Crippen LogP contribution in [0.15, 0.2) is 5.38 Å². The van der Waals surface area contributed by atoms with Crippen LogP contribution >= 0.6 is 11.3 Å². The largest absolute Gasteiger partial charge is 0.461 e. The van der Waals surface area contributed by atoms with Crippen molar-refractivity contribution in [3.63, 3.8) is 0 Å². The van der Waals surface area contributed by atoms with E-state index in [4.69, 9.17) is 4.74 Å². The fourth-order valence-electron chi connectivity index (χ4n) is 1.62. The number of hydrogen-bond donors (Lipinski definition) is 0. The Morgan fingerprint density at radius 3 is 3.00 bits per heavy atom. The van der Waals surface area contributed by atoms with Gasteiger partial charge in [-0.15, -0.1) is 11.3 Å². The van der Waals surface area contributed by atoms with Crippen LogP contribution in [0.1, 0.15) is 30.3 Å². The summed E-state index contributed by atoms with van der Waals surface area (Å²) in [7, 11) is 0. The fourth-order valence-corrected chi connectivity index (χ4v) is 2.47. The van der Waals surface area contributed by atoms with Gasteiger partial charge in [0.2, 0.25) is 0 Å². The van der Waals surface area contributed by atoms with Gasteiger partial charge in [0.05, 0.1) is 6.61 Å². The van der Waals surface area contributed by atoms with Gasteiger partial charge in [-0.3, -0.25) is 0 Å². The Balaban J connectivity index is 2.06. The second kappa shape index (κ2) is 4.61. The Kier molecular flexibility index (Phi) is 3.20. The number of ether oxygens (including phenoxy) is 1. The molecule has 0 N–H and O–H groups in total. The number of thiazole rings is 1. The molecule has 2 heterocycles. The highest BCUT2D eigenvalue weighted by Crippen LogP contribution is 2.24. The predicted molar refractivity (Wildman–Crippen MR) is 59.5 cm³/mol. The lowest BCUT2D eigenvalue weighted by molar-refractivity contribution is 0.0520. The van der Waals surface area contributed by atoms with Gasteiger partial charge in [-0.1, -0.05) is 0 Å². The highest BCUT2D eigenvalue weighted by atomic mass is 32.1. The van der Waals surface area contributed by atoms with Crippen molar-refractivity contribution in [3.8, 4) is 0 Å². The van der Waals surface area contributed by atoms with E-state index in [1.54, 1.807) is 12.3 Å². The zero-order valence-corrected chi connectivity index (χ0v) is 9.55. The maximum atomic E-state index is 11.4. The number of carbonyl (C=O) groups is 1. The molecule has 0 aliphatic carbocycles. The first kappa shape index (κ1) is 10.4. The number of hydrogen-bond acceptors (Lipinski definition) is 5. The van der Waals surface area contributed by atoms with Crippen LogP contribution in [0.5, 0.6) is 0 Å². The number of nitrogens with zero attached hydrogens (tertiary/aromatic N) is 2. The molecule has 4 nitrogen and oxygen atoms in total.